The van der Waals surface area contributed by atoms with Gasteiger partial charge in [0.25, 0.3) is 0 Å². The van der Waals surface area contributed by atoms with Crippen molar-refractivity contribution in [2.75, 3.05) is 20.5 Å². The Kier molecular flexibility index (Phi) is 4.14. The third-order valence-electron chi connectivity index (χ3n) is 3.23. The van der Waals surface area contributed by atoms with Crippen molar-refractivity contribution in [2.24, 2.45) is 4.99 Å². The molecule has 0 amide bonds. The predicted octanol–water partition coefficient (Wildman–Crippen LogP) is 3.57. The van der Waals surface area contributed by atoms with Crippen LogP contribution in [-0.2, 0) is 0 Å². The van der Waals surface area contributed by atoms with Crippen LogP contribution in [0.15, 0.2) is 41.4 Å². The van der Waals surface area contributed by atoms with Crippen LogP contribution in [0.25, 0.3) is 0 Å². The van der Waals surface area contributed by atoms with Crippen LogP contribution >= 0.6 is 0 Å². The van der Waals surface area contributed by atoms with Gasteiger partial charge in [-0.05, 0) is 37.3 Å². The standard InChI is InChI=1S/C17H17NO4/c1-3-20-15-9-17-16(21-11-22-17)8-12(15)10-18-13-4-6-14(19-2)7-5-13/h4-10H,3,11H2,1-2H3. The maximum absolute atomic E-state index is 5.64. The van der Waals surface area contributed by atoms with Crippen molar-refractivity contribution < 1.29 is 18.9 Å². The van der Waals surface area contributed by atoms with E-state index in [9.17, 15) is 0 Å². The zero-order chi connectivity index (χ0) is 15.4. The molecule has 5 nitrogen and oxygen atoms in total. The first-order valence-electron chi connectivity index (χ1n) is 7.04. The van der Waals surface area contributed by atoms with E-state index in [2.05, 4.69) is 4.99 Å². The van der Waals surface area contributed by atoms with Gasteiger partial charge in [-0.25, -0.2) is 0 Å². The molecule has 0 unspecified atom stereocenters. The summed E-state index contributed by atoms with van der Waals surface area (Å²) in [5, 5.41) is 0. The van der Waals surface area contributed by atoms with Crippen molar-refractivity contribution in [3.63, 3.8) is 0 Å². The fourth-order valence-corrected chi connectivity index (χ4v) is 2.13. The molecule has 0 spiro atoms. The minimum atomic E-state index is 0.236. The second kappa shape index (κ2) is 6.39. The molecule has 114 valence electrons. The van der Waals surface area contributed by atoms with Crippen LogP contribution in [0, 0.1) is 0 Å². The lowest BCUT2D eigenvalue weighted by molar-refractivity contribution is 0.174. The molecular formula is C17H17NO4. The third-order valence-corrected chi connectivity index (χ3v) is 3.23. The number of hydrogen-bond acceptors (Lipinski definition) is 5. The Labute approximate surface area is 129 Å². The Morgan fingerprint density at radius 3 is 2.55 bits per heavy atom. The summed E-state index contributed by atoms with van der Waals surface area (Å²) in [5.74, 6) is 2.94. The molecule has 2 aromatic carbocycles. The van der Waals surface area contributed by atoms with E-state index in [-0.39, 0.29) is 6.79 Å². The molecule has 1 heterocycles. The van der Waals surface area contributed by atoms with Crippen molar-refractivity contribution in [3.05, 3.63) is 42.0 Å². The van der Waals surface area contributed by atoms with Crippen molar-refractivity contribution in [2.45, 2.75) is 6.92 Å². The maximum atomic E-state index is 5.64. The van der Waals surface area contributed by atoms with Crippen LogP contribution < -0.4 is 18.9 Å². The first-order chi connectivity index (χ1) is 10.8. The molecule has 1 aliphatic heterocycles. The van der Waals surface area contributed by atoms with Gasteiger partial charge >= 0.3 is 0 Å². The van der Waals surface area contributed by atoms with Gasteiger partial charge in [-0.15, -0.1) is 0 Å². The largest absolute Gasteiger partial charge is 0.497 e. The van der Waals surface area contributed by atoms with Crippen molar-refractivity contribution in [1.29, 1.82) is 0 Å². The van der Waals surface area contributed by atoms with E-state index in [1.807, 2.05) is 43.3 Å². The van der Waals surface area contributed by atoms with Crippen LogP contribution in [0.3, 0.4) is 0 Å². The van der Waals surface area contributed by atoms with Gasteiger partial charge in [0.2, 0.25) is 6.79 Å². The number of rotatable bonds is 5. The minimum absolute atomic E-state index is 0.236. The van der Waals surface area contributed by atoms with E-state index < -0.39 is 0 Å². The number of benzene rings is 2. The Morgan fingerprint density at radius 2 is 1.86 bits per heavy atom. The summed E-state index contributed by atoms with van der Waals surface area (Å²) in [6.07, 6.45) is 1.76. The molecular weight excluding hydrogens is 282 g/mol. The van der Waals surface area contributed by atoms with E-state index in [1.54, 1.807) is 13.3 Å². The molecule has 0 radical (unpaired) electrons. The smallest absolute Gasteiger partial charge is 0.231 e. The Morgan fingerprint density at radius 1 is 1.14 bits per heavy atom. The van der Waals surface area contributed by atoms with Gasteiger partial charge in [0.1, 0.15) is 11.5 Å². The first-order valence-corrected chi connectivity index (χ1v) is 7.04. The number of hydrogen-bond donors (Lipinski definition) is 0. The predicted molar refractivity (Wildman–Crippen MR) is 84.0 cm³/mol. The van der Waals surface area contributed by atoms with E-state index in [0.29, 0.717) is 18.1 Å². The summed E-state index contributed by atoms with van der Waals surface area (Å²) in [4.78, 5) is 4.46. The average molecular weight is 299 g/mol. The molecule has 0 fully saturated rings. The van der Waals surface area contributed by atoms with Gasteiger partial charge in [-0.2, -0.15) is 0 Å². The van der Waals surface area contributed by atoms with Gasteiger partial charge in [0.05, 0.1) is 19.4 Å². The summed E-state index contributed by atoms with van der Waals surface area (Å²) in [5.41, 5.74) is 1.68. The highest BCUT2D eigenvalue weighted by Crippen LogP contribution is 2.37. The number of aliphatic imine (C=N–C) groups is 1. The SMILES string of the molecule is CCOc1cc2c(cc1C=Nc1ccc(OC)cc1)OCO2. The molecule has 1 aliphatic rings. The fraction of sp³-hybridized carbons (Fsp3) is 0.235. The topological polar surface area (TPSA) is 49.3 Å². The van der Waals surface area contributed by atoms with E-state index in [4.69, 9.17) is 18.9 Å². The number of methoxy groups -OCH3 is 1. The Bertz CT molecular complexity index is 680. The maximum Gasteiger partial charge on any atom is 0.231 e. The lowest BCUT2D eigenvalue weighted by Crippen LogP contribution is -1.96. The normalized spacial score (nSPS) is 12.6. The van der Waals surface area contributed by atoms with Gasteiger partial charge < -0.3 is 18.9 Å². The van der Waals surface area contributed by atoms with Gasteiger partial charge in [0.15, 0.2) is 11.5 Å². The zero-order valence-corrected chi connectivity index (χ0v) is 12.5. The third kappa shape index (κ3) is 2.98. The van der Waals surface area contributed by atoms with Crippen molar-refractivity contribution in [3.8, 4) is 23.0 Å². The molecule has 0 saturated carbocycles. The molecule has 0 bridgehead atoms. The van der Waals surface area contributed by atoms with E-state index in [0.717, 1.165) is 22.7 Å². The Hall–Kier alpha value is -2.69. The summed E-state index contributed by atoms with van der Waals surface area (Å²) >= 11 is 0. The van der Waals surface area contributed by atoms with Crippen LogP contribution in [0.5, 0.6) is 23.0 Å². The number of nitrogens with zero attached hydrogens (tertiary/aromatic N) is 1. The Balaban J connectivity index is 1.87. The molecule has 0 aromatic heterocycles. The van der Waals surface area contributed by atoms with Crippen LogP contribution in [0.2, 0.25) is 0 Å². The molecule has 0 saturated heterocycles. The monoisotopic (exact) mass is 299 g/mol. The molecule has 22 heavy (non-hydrogen) atoms. The first kappa shape index (κ1) is 14.3. The second-order valence-corrected chi connectivity index (χ2v) is 4.63. The highest BCUT2D eigenvalue weighted by Gasteiger charge is 2.17. The summed E-state index contributed by atoms with van der Waals surface area (Å²) in [6, 6.07) is 11.2. The van der Waals surface area contributed by atoms with Crippen molar-refractivity contribution in [1.82, 2.24) is 0 Å². The van der Waals surface area contributed by atoms with Gasteiger partial charge in [0, 0.05) is 17.8 Å². The summed E-state index contributed by atoms with van der Waals surface area (Å²) in [6.45, 7) is 2.75. The molecule has 0 N–H and O–H groups in total. The summed E-state index contributed by atoms with van der Waals surface area (Å²) in [7, 11) is 1.64. The summed E-state index contributed by atoms with van der Waals surface area (Å²) < 4.78 is 21.5. The number of fused-ring (bicyclic) bond motifs is 1. The average Bonchev–Trinajstić information content (AvgIpc) is 3.00. The van der Waals surface area contributed by atoms with Gasteiger partial charge in [-0.1, -0.05) is 0 Å². The zero-order valence-electron chi connectivity index (χ0n) is 12.5. The molecule has 0 aliphatic carbocycles. The second-order valence-electron chi connectivity index (χ2n) is 4.63. The van der Waals surface area contributed by atoms with E-state index in [1.165, 1.54) is 0 Å². The lowest BCUT2D eigenvalue weighted by atomic mass is 10.2. The number of ether oxygens (including phenoxy) is 4. The highest BCUT2D eigenvalue weighted by molar-refractivity contribution is 5.87. The fourth-order valence-electron chi connectivity index (χ4n) is 2.13. The lowest BCUT2D eigenvalue weighted by Gasteiger charge is -2.08. The molecule has 2 aromatic rings. The minimum Gasteiger partial charge on any atom is -0.497 e. The quantitative estimate of drug-likeness (QED) is 0.792. The van der Waals surface area contributed by atoms with Crippen LogP contribution in [0.1, 0.15) is 12.5 Å². The highest BCUT2D eigenvalue weighted by atomic mass is 16.7. The van der Waals surface area contributed by atoms with Crippen LogP contribution in [-0.4, -0.2) is 26.7 Å². The molecule has 3 rings (SSSR count). The van der Waals surface area contributed by atoms with Gasteiger partial charge in [-0.3, -0.25) is 4.99 Å². The van der Waals surface area contributed by atoms with E-state index >= 15 is 0 Å². The molecule has 5 heteroatoms. The molecule has 0 atom stereocenters. The van der Waals surface area contributed by atoms with Crippen molar-refractivity contribution >= 4 is 11.9 Å². The van der Waals surface area contributed by atoms with Crippen LogP contribution in [0.4, 0.5) is 5.69 Å².